The number of aliphatic hydroxyl groups excluding tert-OH is 1. The third-order valence-electron chi connectivity index (χ3n) is 3.19. The highest BCUT2D eigenvalue weighted by molar-refractivity contribution is 6.29. The molecule has 0 atom stereocenters. The third kappa shape index (κ3) is 3.82. The Morgan fingerprint density at radius 1 is 1.44 bits per heavy atom. The van der Waals surface area contributed by atoms with Crippen LogP contribution in [0.3, 0.4) is 0 Å². The van der Waals surface area contributed by atoms with Crippen LogP contribution in [-0.4, -0.2) is 28.2 Å². The lowest BCUT2D eigenvalue weighted by Gasteiger charge is -2.24. The van der Waals surface area contributed by atoms with Crippen LogP contribution in [0.4, 0.5) is 5.82 Å². The molecule has 5 heteroatoms. The van der Waals surface area contributed by atoms with Crippen molar-refractivity contribution in [3.05, 3.63) is 17.0 Å². The first-order valence-electron chi connectivity index (χ1n) is 6.39. The average molecular weight is 270 g/mol. The van der Waals surface area contributed by atoms with Crippen molar-refractivity contribution < 1.29 is 5.11 Å². The summed E-state index contributed by atoms with van der Waals surface area (Å²) in [5.74, 6) is 2.13. The molecule has 1 fully saturated rings. The van der Waals surface area contributed by atoms with Crippen molar-refractivity contribution in [1.29, 1.82) is 0 Å². The van der Waals surface area contributed by atoms with E-state index in [-0.39, 0.29) is 12.0 Å². The van der Waals surface area contributed by atoms with Crippen LogP contribution in [0.25, 0.3) is 0 Å². The molecule has 1 heterocycles. The molecule has 0 bridgehead atoms. The van der Waals surface area contributed by atoms with Crippen molar-refractivity contribution in [3.8, 4) is 0 Å². The fourth-order valence-electron chi connectivity index (χ4n) is 1.77. The number of aromatic nitrogens is 2. The molecule has 1 saturated carbocycles. The largest absolute Gasteiger partial charge is 0.396 e. The first kappa shape index (κ1) is 13.6. The molecule has 100 valence electrons. The van der Waals surface area contributed by atoms with E-state index < -0.39 is 0 Å². The Kier molecular flexibility index (Phi) is 4.07. The van der Waals surface area contributed by atoms with Crippen molar-refractivity contribution in [3.63, 3.8) is 0 Å². The molecule has 1 aliphatic rings. The van der Waals surface area contributed by atoms with Gasteiger partial charge in [-0.2, -0.15) is 0 Å². The van der Waals surface area contributed by atoms with Gasteiger partial charge in [0.1, 0.15) is 16.8 Å². The van der Waals surface area contributed by atoms with Crippen LogP contribution in [0.15, 0.2) is 6.07 Å². The smallest absolute Gasteiger partial charge is 0.135 e. The molecule has 0 aliphatic heterocycles. The predicted molar refractivity (Wildman–Crippen MR) is 73.0 cm³/mol. The minimum Gasteiger partial charge on any atom is -0.396 e. The second-order valence-electron chi connectivity index (χ2n) is 5.70. The summed E-state index contributed by atoms with van der Waals surface area (Å²) < 4.78 is 0. The molecule has 0 spiro atoms. The summed E-state index contributed by atoms with van der Waals surface area (Å²) in [4.78, 5) is 8.74. The van der Waals surface area contributed by atoms with E-state index in [0.29, 0.717) is 11.1 Å². The van der Waals surface area contributed by atoms with E-state index in [4.69, 9.17) is 16.7 Å². The second-order valence-corrected chi connectivity index (χ2v) is 6.09. The van der Waals surface area contributed by atoms with Crippen molar-refractivity contribution >= 4 is 17.4 Å². The Hall–Kier alpha value is -0.870. The van der Waals surface area contributed by atoms with Crippen molar-refractivity contribution in [2.45, 2.75) is 39.0 Å². The van der Waals surface area contributed by atoms with Gasteiger partial charge in [0, 0.05) is 25.1 Å². The summed E-state index contributed by atoms with van der Waals surface area (Å²) in [5, 5.41) is 12.8. The monoisotopic (exact) mass is 269 g/mol. The highest BCUT2D eigenvalue weighted by Crippen LogP contribution is 2.38. The van der Waals surface area contributed by atoms with E-state index in [0.717, 1.165) is 37.4 Å². The number of aliphatic hydroxyl groups is 1. The Labute approximate surface area is 113 Å². The summed E-state index contributed by atoms with van der Waals surface area (Å²) in [7, 11) is 0. The molecular weight excluding hydrogens is 250 g/mol. The molecule has 0 saturated heterocycles. The second kappa shape index (κ2) is 5.41. The normalized spacial score (nSPS) is 15.8. The Morgan fingerprint density at radius 2 is 2.17 bits per heavy atom. The fraction of sp³-hybridized carbons (Fsp3) is 0.692. The van der Waals surface area contributed by atoms with Gasteiger partial charge < -0.3 is 10.4 Å². The minimum atomic E-state index is 0.0337. The minimum absolute atomic E-state index is 0.0337. The summed E-state index contributed by atoms with van der Waals surface area (Å²) in [6.45, 7) is 5.18. The molecule has 0 unspecified atom stereocenters. The van der Waals surface area contributed by atoms with E-state index in [2.05, 4.69) is 29.1 Å². The molecule has 18 heavy (non-hydrogen) atoms. The average Bonchev–Trinajstić information content (AvgIpc) is 3.09. The molecule has 1 aromatic heterocycles. The van der Waals surface area contributed by atoms with E-state index in [9.17, 15) is 0 Å². The fourth-order valence-corrected chi connectivity index (χ4v) is 1.96. The van der Waals surface area contributed by atoms with Gasteiger partial charge in [0.2, 0.25) is 0 Å². The Balaban J connectivity index is 2.00. The number of hydrogen-bond acceptors (Lipinski definition) is 4. The lowest BCUT2D eigenvalue weighted by molar-refractivity contribution is 0.220. The van der Waals surface area contributed by atoms with Crippen molar-refractivity contribution in [1.82, 2.24) is 9.97 Å². The molecule has 1 aromatic rings. The van der Waals surface area contributed by atoms with E-state index in [1.807, 2.05) is 0 Å². The number of hydrogen-bond donors (Lipinski definition) is 2. The number of halogens is 1. The zero-order valence-electron chi connectivity index (χ0n) is 10.9. The number of anilines is 1. The zero-order chi connectivity index (χ0) is 13.2. The van der Waals surface area contributed by atoms with Crippen molar-refractivity contribution in [2.24, 2.45) is 5.41 Å². The van der Waals surface area contributed by atoms with E-state index in [1.54, 1.807) is 6.07 Å². The van der Waals surface area contributed by atoms with Gasteiger partial charge in [-0.05, 0) is 24.7 Å². The SMILES string of the molecule is CC(C)(CCO)CNc1cc(Cl)nc(C2CC2)n1. The van der Waals surface area contributed by atoms with Crippen LogP contribution >= 0.6 is 11.6 Å². The quantitative estimate of drug-likeness (QED) is 0.780. The standard InChI is InChI=1S/C13H20ClN3O/c1-13(2,5-6-18)8-15-11-7-10(14)16-12(17-11)9-3-4-9/h7,9,18H,3-6,8H2,1-2H3,(H,15,16,17). The highest BCUT2D eigenvalue weighted by atomic mass is 35.5. The molecule has 2 rings (SSSR count). The molecule has 1 aliphatic carbocycles. The lowest BCUT2D eigenvalue weighted by atomic mass is 9.90. The van der Waals surface area contributed by atoms with Gasteiger partial charge in [-0.15, -0.1) is 0 Å². The predicted octanol–water partition coefficient (Wildman–Crippen LogP) is 2.83. The number of rotatable bonds is 6. The maximum atomic E-state index is 8.99. The summed E-state index contributed by atoms with van der Waals surface area (Å²) >= 11 is 6.00. The van der Waals surface area contributed by atoms with Gasteiger partial charge in [-0.3, -0.25) is 0 Å². The van der Waals surface area contributed by atoms with Gasteiger partial charge in [0.25, 0.3) is 0 Å². The highest BCUT2D eigenvalue weighted by Gasteiger charge is 2.27. The first-order chi connectivity index (χ1) is 8.50. The topological polar surface area (TPSA) is 58.0 Å². The van der Waals surface area contributed by atoms with Crippen molar-refractivity contribution in [2.75, 3.05) is 18.5 Å². The van der Waals surface area contributed by atoms with Crippen LogP contribution in [0.2, 0.25) is 5.15 Å². The van der Waals surface area contributed by atoms with Crippen LogP contribution in [0.1, 0.15) is 44.9 Å². The maximum Gasteiger partial charge on any atom is 0.135 e. The first-order valence-corrected chi connectivity index (χ1v) is 6.77. The van der Waals surface area contributed by atoms with E-state index >= 15 is 0 Å². The van der Waals surface area contributed by atoms with Gasteiger partial charge in [-0.1, -0.05) is 25.4 Å². The van der Waals surface area contributed by atoms with Crippen LogP contribution in [-0.2, 0) is 0 Å². The van der Waals surface area contributed by atoms with Gasteiger partial charge in [0.15, 0.2) is 0 Å². The van der Waals surface area contributed by atoms with Gasteiger partial charge in [0.05, 0.1) is 0 Å². The lowest BCUT2D eigenvalue weighted by Crippen LogP contribution is -2.24. The van der Waals surface area contributed by atoms with Crippen LogP contribution in [0, 0.1) is 5.41 Å². The Bertz CT molecular complexity index is 419. The van der Waals surface area contributed by atoms with Gasteiger partial charge in [-0.25, -0.2) is 9.97 Å². The van der Waals surface area contributed by atoms with E-state index in [1.165, 1.54) is 0 Å². The number of nitrogens with zero attached hydrogens (tertiary/aromatic N) is 2. The van der Waals surface area contributed by atoms with Crippen LogP contribution < -0.4 is 5.32 Å². The molecule has 0 amide bonds. The van der Waals surface area contributed by atoms with Crippen LogP contribution in [0.5, 0.6) is 0 Å². The molecule has 0 aromatic carbocycles. The molecule has 4 nitrogen and oxygen atoms in total. The molecule has 2 N–H and O–H groups in total. The third-order valence-corrected chi connectivity index (χ3v) is 3.38. The summed E-state index contributed by atoms with van der Waals surface area (Å²) in [6, 6.07) is 1.75. The summed E-state index contributed by atoms with van der Waals surface area (Å²) in [5.41, 5.74) is 0.0337. The molecule has 0 radical (unpaired) electrons. The Morgan fingerprint density at radius 3 is 2.78 bits per heavy atom. The van der Waals surface area contributed by atoms with Gasteiger partial charge >= 0.3 is 0 Å². The zero-order valence-corrected chi connectivity index (χ0v) is 11.7. The molecular formula is C13H20ClN3O. The summed E-state index contributed by atoms with van der Waals surface area (Å²) in [6.07, 6.45) is 3.08. The number of nitrogens with one attached hydrogen (secondary N) is 1. The maximum absolute atomic E-state index is 8.99.